The van der Waals surface area contributed by atoms with Crippen molar-refractivity contribution in [3.05, 3.63) is 17.5 Å². The van der Waals surface area contributed by atoms with Crippen LogP contribution in [0.25, 0.3) is 0 Å². The fourth-order valence-corrected chi connectivity index (χ4v) is 2.29. The van der Waals surface area contributed by atoms with E-state index in [0.717, 1.165) is 11.4 Å². The topological polar surface area (TPSA) is 93.4 Å². The molecular formula is C14H23N5O2. The minimum Gasteiger partial charge on any atom is -0.377 e. The standard InChI is InChI=1S/C14H23N5O2/c1-9(2)16-13(20)12-8-21-5-4-19(12)14-17-10(3)6-11(7-15)18-14/h6,9,12H,4-5,7-8,15H2,1-3H3,(H,16,20). The van der Waals surface area contributed by atoms with Crippen LogP contribution in [-0.2, 0) is 16.1 Å². The number of hydrogen-bond acceptors (Lipinski definition) is 6. The summed E-state index contributed by atoms with van der Waals surface area (Å²) in [6.45, 7) is 7.60. The van der Waals surface area contributed by atoms with Crippen LogP contribution in [0.2, 0.25) is 0 Å². The van der Waals surface area contributed by atoms with Crippen molar-refractivity contribution >= 4 is 11.9 Å². The molecule has 0 aliphatic carbocycles. The molecule has 7 nitrogen and oxygen atoms in total. The van der Waals surface area contributed by atoms with E-state index < -0.39 is 6.04 Å². The molecule has 1 aromatic heterocycles. The highest BCUT2D eigenvalue weighted by molar-refractivity contribution is 5.85. The minimum absolute atomic E-state index is 0.0656. The van der Waals surface area contributed by atoms with Crippen LogP contribution in [0.1, 0.15) is 25.2 Å². The number of aryl methyl sites for hydroxylation is 1. The normalized spacial score (nSPS) is 18.9. The van der Waals surface area contributed by atoms with Gasteiger partial charge in [0.2, 0.25) is 11.9 Å². The minimum atomic E-state index is -0.409. The molecular weight excluding hydrogens is 270 g/mol. The molecule has 0 radical (unpaired) electrons. The molecule has 2 rings (SSSR count). The molecule has 1 aliphatic heterocycles. The first-order valence-corrected chi connectivity index (χ1v) is 7.20. The van der Waals surface area contributed by atoms with E-state index in [1.807, 2.05) is 31.7 Å². The van der Waals surface area contributed by atoms with Gasteiger partial charge in [0.25, 0.3) is 0 Å². The van der Waals surface area contributed by atoms with Crippen LogP contribution >= 0.6 is 0 Å². The fraction of sp³-hybridized carbons (Fsp3) is 0.643. The Kier molecular flexibility index (Phi) is 5.08. The Hall–Kier alpha value is -1.73. The third kappa shape index (κ3) is 3.89. The largest absolute Gasteiger partial charge is 0.377 e. The number of nitrogens with two attached hydrogens (primary N) is 1. The Labute approximate surface area is 124 Å². The number of aromatic nitrogens is 2. The first kappa shape index (κ1) is 15.7. The van der Waals surface area contributed by atoms with Gasteiger partial charge in [-0.15, -0.1) is 0 Å². The molecule has 1 aromatic rings. The van der Waals surface area contributed by atoms with Gasteiger partial charge in [-0.05, 0) is 26.8 Å². The number of anilines is 1. The highest BCUT2D eigenvalue weighted by Crippen LogP contribution is 2.17. The van der Waals surface area contributed by atoms with Crippen LogP contribution in [0, 0.1) is 6.92 Å². The number of carbonyl (C=O) groups excluding carboxylic acids is 1. The molecule has 0 spiro atoms. The lowest BCUT2D eigenvalue weighted by Crippen LogP contribution is -2.55. The average molecular weight is 293 g/mol. The highest BCUT2D eigenvalue weighted by Gasteiger charge is 2.31. The van der Waals surface area contributed by atoms with Gasteiger partial charge in [-0.1, -0.05) is 0 Å². The maximum atomic E-state index is 12.3. The van der Waals surface area contributed by atoms with Crippen molar-refractivity contribution in [2.24, 2.45) is 5.73 Å². The molecule has 1 aliphatic rings. The maximum absolute atomic E-state index is 12.3. The molecule has 1 unspecified atom stereocenters. The molecule has 7 heteroatoms. The smallest absolute Gasteiger partial charge is 0.245 e. The Morgan fingerprint density at radius 2 is 2.33 bits per heavy atom. The van der Waals surface area contributed by atoms with Crippen LogP contribution < -0.4 is 16.0 Å². The van der Waals surface area contributed by atoms with Crippen LogP contribution in [0.5, 0.6) is 0 Å². The number of morpholine rings is 1. The Morgan fingerprint density at radius 3 is 3.00 bits per heavy atom. The molecule has 21 heavy (non-hydrogen) atoms. The lowest BCUT2D eigenvalue weighted by molar-refractivity contribution is -0.125. The lowest BCUT2D eigenvalue weighted by Gasteiger charge is -2.35. The summed E-state index contributed by atoms with van der Waals surface area (Å²) in [7, 11) is 0. The zero-order valence-electron chi connectivity index (χ0n) is 12.8. The van der Waals surface area contributed by atoms with Gasteiger partial charge in [0.15, 0.2) is 0 Å². The highest BCUT2D eigenvalue weighted by atomic mass is 16.5. The van der Waals surface area contributed by atoms with E-state index in [-0.39, 0.29) is 11.9 Å². The van der Waals surface area contributed by atoms with E-state index in [2.05, 4.69) is 15.3 Å². The number of rotatable bonds is 4. The summed E-state index contributed by atoms with van der Waals surface area (Å²) in [5.41, 5.74) is 7.28. The summed E-state index contributed by atoms with van der Waals surface area (Å²) >= 11 is 0. The van der Waals surface area contributed by atoms with Gasteiger partial charge >= 0.3 is 0 Å². The number of nitrogens with one attached hydrogen (secondary N) is 1. The summed E-state index contributed by atoms with van der Waals surface area (Å²) in [5, 5.41) is 2.91. The summed E-state index contributed by atoms with van der Waals surface area (Å²) < 4.78 is 5.44. The van der Waals surface area contributed by atoms with E-state index in [0.29, 0.717) is 32.3 Å². The molecule has 2 heterocycles. The van der Waals surface area contributed by atoms with Crippen molar-refractivity contribution in [2.75, 3.05) is 24.7 Å². The molecule has 0 saturated carbocycles. The number of ether oxygens (including phenoxy) is 1. The Morgan fingerprint density at radius 1 is 1.57 bits per heavy atom. The van der Waals surface area contributed by atoms with Gasteiger partial charge in [0.05, 0.1) is 18.9 Å². The second-order valence-electron chi connectivity index (χ2n) is 5.45. The summed E-state index contributed by atoms with van der Waals surface area (Å²) in [5.74, 6) is 0.478. The van der Waals surface area contributed by atoms with E-state index >= 15 is 0 Å². The summed E-state index contributed by atoms with van der Waals surface area (Å²) in [6.07, 6.45) is 0. The lowest BCUT2D eigenvalue weighted by atomic mass is 10.2. The summed E-state index contributed by atoms with van der Waals surface area (Å²) in [4.78, 5) is 23.1. The molecule has 1 fully saturated rings. The monoisotopic (exact) mass is 293 g/mol. The third-order valence-corrected chi connectivity index (χ3v) is 3.22. The van der Waals surface area contributed by atoms with Gasteiger partial charge in [-0.25, -0.2) is 9.97 Å². The molecule has 116 valence electrons. The fourth-order valence-electron chi connectivity index (χ4n) is 2.29. The molecule has 0 aromatic carbocycles. The maximum Gasteiger partial charge on any atom is 0.245 e. The number of nitrogens with zero attached hydrogens (tertiary/aromatic N) is 3. The van der Waals surface area contributed by atoms with Gasteiger partial charge in [0.1, 0.15) is 6.04 Å². The van der Waals surface area contributed by atoms with Crippen molar-refractivity contribution in [3.8, 4) is 0 Å². The van der Waals surface area contributed by atoms with Crippen molar-refractivity contribution in [2.45, 2.75) is 39.4 Å². The number of carbonyl (C=O) groups is 1. The van der Waals surface area contributed by atoms with Gasteiger partial charge in [0, 0.05) is 24.8 Å². The van der Waals surface area contributed by atoms with Crippen LogP contribution in [-0.4, -0.2) is 47.7 Å². The Bertz CT molecular complexity index is 506. The second-order valence-corrected chi connectivity index (χ2v) is 5.45. The van der Waals surface area contributed by atoms with E-state index in [4.69, 9.17) is 10.5 Å². The molecule has 0 bridgehead atoms. The molecule has 1 atom stereocenters. The molecule has 1 saturated heterocycles. The first-order chi connectivity index (χ1) is 10.0. The van der Waals surface area contributed by atoms with Crippen molar-refractivity contribution < 1.29 is 9.53 Å². The zero-order valence-corrected chi connectivity index (χ0v) is 12.8. The van der Waals surface area contributed by atoms with E-state index in [1.54, 1.807) is 0 Å². The third-order valence-electron chi connectivity index (χ3n) is 3.22. The SMILES string of the molecule is Cc1cc(CN)nc(N2CCOCC2C(=O)NC(C)C)n1. The van der Waals surface area contributed by atoms with E-state index in [9.17, 15) is 4.79 Å². The van der Waals surface area contributed by atoms with Crippen LogP contribution in [0.3, 0.4) is 0 Å². The van der Waals surface area contributed by atoms with Gasteiger partial charge in [-0.3, -0.25) is 4.79 Å². The van der Waals surface area contributed by atoms with Gasteiger partial charge in [-0.2, -0.15) is 0 Å². The molecule has 1 amide bonds. The quantitative estimate of drug-likeness (QED) is 0.810. The first-order valence-electron chi connectivity index (χ1n) is 7.20. The number of hydrogen-bond donors (Lipinski definition) is 2. The Balaban J connectivity index is 2.26. The van der Waals surface area contributed by atoms with Crippen molar-refractivity contribution in [1.29, 1.82) is 0 Å². The number of amides is 1. The molecule has 3 N–H and O–H groups in total. The van der Waals surface area contributed by atoms with Crippen molar-refractivity contribution in [3.63, 3.8) is 0 Å². The second kappa shape index (κ2) is 6.82. The zero-order chi connectivity index (χ0) is 15.4. The van der Waals surface area contributed by atoms with Crippen LogP contribution in [0.4, 0.5) is 5.95 Å². The predicted molar refractivity (Wildman–Crippen MR) is 79.9 cm³/mol. The average Bonchev–Trinajstić information content (AvgIpc) is 2.45. The van der Waals surface area contributed by atoms with Crippen LogP contribution in [0.15, 0.2) is 6.07 Å². The van der Waals surface area contributed by atoms with Crippen molar-refractivity contribution in [1.82, 2.24) is 15.3 Å². The van der Waals surface area contributed by atoms with Gasteiger partial charge < -0.3 is 20.7 Å². The van der Waals surface area contributed by atoms with E-state index in [1.165, 1.54) is 0 Å². The summed E-state index contributed by atoms with van der Waals surface area (Å²) in [6, 6.07) is 1.53. The predicted octanol–water partition coefficient (Wildman–Crippen LogP) is -0.0265.